The fraction of sp³-hybridized carbons (Fsp3) is 0.182. The molecule has 1 aromatic heterocycles. The molecule has 0 aliphatic carbocycles. The van der Waals surface area contributed by atoms with Crippen LogP contribution in [0.1, 0.15) is 5.56 Å². The molecule has 2 rings (SSSR count). The van der Waals surface area contributed by atoms with Crippen molar-refractivity contribution in [1.82, 2.24) is 9.78 Å². The minimum atomic E-state index is -0.205. The second-order valence-electron chi connectivity index (χ2n) is 3.44. The molecule has 0 bridgehead atoms. The van der Waals surface area contributed by atoms with E-state index in [-0.39, 0.29) is 5.82 Å². The molecule has 1 aromatic carbocycles. The quantitative estimate of drug-likeness (QED) is 0.816. The average Bonchev–Trinajstić information content (AvgIpc) is 2.59. The van der Waals surface area contributed by atoms with Gasteiger partial charge < -0.3 is 5.32 Å². The summed E-state index contributed by atoms with van der Waals surface area (Å²) in [4.78, 5) is 0. The summed E-state index contributed by atoms with van der Waals surface area (Å²) in [7, 11) is 1.84. The van der Waals surface area contributed by atoms with Crippen LogP contribution in [0, 0.1) is 12.7 Å². The minimum absolute atomic E-state index is 0.205. The van der Waals surface area contributed by atoms with Crippen LogP contribution in [0.15, 0.2) is 30.6 Å². The van der Waals surface area contributed by atoms with Crippen molar-refractivity contribution in [3.05, 3.63) is 42.0 Å². The Bertz CT molecular complexity index is 476. The Hall–Kier alpha value is -1.84. The van der Waals surface area contributed by atoms with Crippen LogP contribution < -0.4 is 5.32 Å². The van der Waals surface area contributed by atoms with Gasteiger partial charge in [-0.1, -0.05) is 6.07 Å². The van der Waals surface area contributed by atoms with Crippen LogP contribution in [0.4, 0.5) is 15.8 Å². The Morgan fingerprint density at radius 2 is 2.20 bits per heavy atom. The molecule has 0 amide bonds. The van der Waals surface area contributed by atoms with E-state index in [1.165, 1.54) is 6.07 Å². The van der Waals surface area contributed by atoms with Crippen molar-refractivity contribution in [3.8, 4) is 0 Å². The van der Waals surface area contributed by atoms with E-state index in [0.29, 0.717) is 5.56 Å². The highest BCUT2D eigenvalue weighted by Gasteiger charge is 2.03. The molecule has 0 atom stereocenters. The SMILES string of the molecule is Cc1c(F)cccc1Nc1cnn(C)c1. The van der Waals surface area contributed by atoms with E-state index in [0.717, 1.165) is 11.4 Å². The fourth-order valence-electron chi connectivity index (χ4n) is 1.38. The number of hydrogen-bond acceptors (Lipinski definition) is 2. The summed E-state index contributed by atoms with van der Waals surface area (Å²) < 4.78 is 14.9. The van der Waals surface area contributed by atoms with Gasteiger partial charge in [0.05, 0.1) is 11.9 Å². The number of rotatable bonds is 2. The maximum atomic E-state index is 13.2. The highest BCUT2D eigenvalue weighted by atomic mass is 19.1. The number of aryl methyl sites for hydroxylation is 1. The summed E-state index contributed by atoms with van der Waals surface area (Å²) in [5.41, 5.74) is 2.23. The lowest BCUT2D eigenvalue weighted by molar-refractivity contribution is 0.619. The molecular formula is C11H12FN3. The third kappa shape index (κ3) is 1.98. The first-order valence-electron chi connectivity index (χ1n) is 4.67. The summed E-state index contributed by atoms with van der Waals surface area (Å²) in [5.74, 6) is -0.205. The summed E-state index contributed by atoms with van der Waals surface area (Å²) in [5, 5.41) is 7.14. The van der Waals surface area contributed by atoms with Crippen molar-refractivity contribution in [2.75, 3.05) is 5.32 Å². The van der Waals surface area contributed by atoms with Gasteiger partial charge in [0.15, 0.2) is 0 Å². The number of hydrogen-bond donors (Lipinski definition) is 1. The number of nitrogens with one attached hydrogen (secondary N) is 1. The lowest BCUT2D eigenvalue weighted by atomic mass is 10.2. The molecule has 2 aromatic rings. The topological polar surface area (TPSA) is 29.9 Å². The lowest BCUT2D eigenvalue weighted by Crippen LogP contribution is -1.94. The summed E-state index contributed by atoms with van der Waals surface area (Å²) >= 11 is 0. The number of aromatic nitrogens is 2. The van der Waals surface area contributed by atoms with Gasteiger partial charge in [0.25, 0.3) is 0 Å². The van der Waals surface area contributed by atoms with E-state index >= 15 is 0 Å². The standard InChI is InChI=1S/C11H12FN3/c1-8-10(12)4-3-5-11(8)14-9-6-13-15(2)7-9/h3-7,14H,1-2H3. The van der Waals surface area contributed by atoms with E-state index in [1.54, 1.807) is 23.9 Å². The Kier molecular flexibility index (Phi) is 2.41. The normalized spacial score (nSPS) is 10.3. The molecule has 0 unspecified atom stereocenters. The maximum Gasteiger partial charge on any atom is 0.128 e. The van der Waals surface area contributed by atoms with Crippen LogP contribution in [0.5, 0.6) is 0 Å². The molecule has 15 heavy (non-hydrogen) atoms. The van der Waals surface area contributed by atoms with Crippen LogP contribution in [0.2, 0.25) is 0 Å². The van der Waals surface area contributed by atoms with Gasteiger partial charge in [0, 0.05) is 24.5 Å². The van der Waals surface area contributed by atoms with E-state index in [9.17, 15) is 4.39 Å². The number of halogens is 1. The van der Waals surface area contributed by atoms with Gasteiger partial charge in [-0.3, -0.25) is 4.68 Å². The third-order valence-electron chi connectivity index (χ3n) is 2.25. The highest BCUT2D eigenvalue weighted by Crippen LogP contribution is 2.21. The molecule has 0 saturated heterocycles. The van der Waals surface area contributed by atoms with Gasteiger partial charge in [0.2, 0.25) is 0 Å². The highest BCUT2D eigenvalue weighted by molar-refractivity contribution is 5.61. The van der Waals surface area contributed by atoms with E-state index in [2.05, 4.69) is 10.4 Å². The zero-order valence-corrected chi connectivity index (χ0v) is 8.66. The smallest absolute Gasteiger partial charge is 0.128 e. The molecule has 0 aliphatic heterocycles. The second-order valence-corrected chi connectivity index (χ2v) is 3.44. The van der Waals surface area contributed by atoms with Gasteiger partial charge in [0.1, 0.15) is 5.82 Å². The van der Waals surface area contributed by atoms with Crippen molar-refractivity contribution >= 4 is 11.4 Å². The van der Waals surface area contributed by atoms with Crippen molar-refractivity contribution < 1.29 is 4.39 Å². The van der Waals surface area contributed by atoms with Gasteiger partial charge in [-0.15, -0.1) is 0 Å². The monoisotopic (exact) mass is 205 g/mol. The molecular weight excluding hydrogens is 193 g/mol. The van der Waals surface area contributed by atoms with Gasteiger partial charge in [-0.25, -0.2) is 4.39 Å². The number of benzene rings is 1. The van der Waals surface area contributed by atoms with E-state index in [4.69, 9.17) is 0 Å². The predicted molar refractivity (Wildman–Crippen MR) is 57.6 cm³/mol. The van der Waals surface area contributed by atoms with Crippen LogP contribution in [0.3, 0.4) is 0 Å². The molecule has 78 valence electrons. The molecule has 0 aliphatic rings. The molecule has 0 spiro atoms. The first-order valence-corrected chi connectivity index (χ1v) is 4.67. The molecule has 0 fully saturated rings. The van der Waals surface area contributed by atoms with Crippen LogP contribution in [-0.2, 0) is 7.05 Å². The summed E-state index contributed by atoms with van der Waals surface area (Å²) in [6.07, 6.45) is 3.54. The van der Waals surface area contributed by atoms with Crippen LogP contribution >= 0.6 is 0 Å². The first-order chi connectivity index (χ1) is 7.16. The van der Waals surface area contributed by atoms with Crippen molar-refractivity contribution in [3.63, 3.8) is 0 Å². The largest absolute Gasteiger partial charge is 0.353 e. The molecule has 3 nitrogen and oxygen atoms in total. The van der Waals surface area contributed by atoms with E-state index < -0.39 is 0 Å². The molecule has 0 radical (unpaired) electrons. The zero-order valence-electron chi connectivity index (χ0n) is 8.66. The zero-order chi connectivity index (χ0) is 10.8. The molecule has 0 saturated carbocycles. The number of nitrogens with zero attached hydrogens (tertiary/aromatic N) is 2. The van der Waals surface area contributed by atoms with E-state index in [1.807, 2.05) is 19.3 Å². The number of anilines is 2. The van der Waals surface area contributed by atoms with Gasteiger partial charge in [-0.05, 0) is 19.1 Å². The molecule has 4 heteroatoms. The Morgan fingerprint density at radius 3 is 2.87 bits per heavy atom. The van der Waals surface area contributed by atoms with Crippen LogP contribution in [-0.4, -0.2) is 9.78 Å². The Morgan fingerprint density at radius 1 is 1.40 bits per heavy atom. The summed E-state index contributed by atoms with van der Waals surface area (Å²) in [6.45, 7) is 1.74. The predicted octanol–water partition coefficient (Wildman–Crippen LogP) is 2.61. The molecule has 1 N–H and O–H groups in total. The second kappa shape index (κ2) is 3.73. The fourth-order valence-corrected chi connectivity index (χ4v) is 1.38. The summed E-state index contributed by atoms with van der Waals surface area (Å²) in [6, 6.07) is 4.97. The minimum Gasteiger partial charge on any atom is -0.353 e. The van der Waals surface area contributed by atoms with Crippen molar-refractivity contribution in [1.29, 1.82) is 0 Å². The van der Waals surface area contributed by atoms with Gasteiger partial charge in [-0.2, -0.15) is 5.10 Å². The first kappa shape index (κ1) is 9.71. The lowest BCUT2D eigenvalue weighted by Gasteiger charge is -2.07. The van der Waals surface area contributed by atoms with Crippen molar-refractivity contribution in [2.24, 2.45) is 7.05 Å². The maximum absolute atomic E-state index is 13.2. The van der Waals surface area contributed by atoms with Gasteiger partial charge >= 0.3 is 0 Å². The van der Waals surface area contributed by atoms with Crippen molar-refractivity contribution in [2.45, 2.75) is 6.92 Å². The Balaban J connectivity index is 2.28. The average molecular weight is 205 g/mol. The van der Waals surface area contributed by atoms with Crippen LogP contribution in [0.25, 0.3) is 0 Å². The Labute approximate surface area is 87.5 Å². The molecule has 1 heterocycles. The third-order valence-corrected chi connectivity index (χ3v) is 2.25.